The third-order valence-electron chi connectivity index (χ3n) is 5.89. The van der Waals surface area contributed by atoms with Gasteiger partial charge in [-0.15, -0.1) is 0 Å². The standard InChI is InChI=1S/C17H18ClN3O4.C13H11NO2.Fe/c1-3-20(4-2)12-6-5-11(16(22)7-12)10-19-14-8-13(18)15(21(24)25)9-17(14)23;15-12-7-3-1-5-10(12)9-14-11-6-2-4-8-13(11)16;/h5-10,22-23H,3-4H2,1-2H3;1-9,15-16H;. The molecule has 0 saturated heterocycles. The van der Waals surface area contributed by atoms with Crippen LogP contribution in [0.4, 0.5) is 22.7 Å². The van der Waals surface area contributed by atoms with Crippen LogP contribution in [-0.2, 0) is 17.1 Å². The molecule has 42 heavy (non-hydrogen) atoms. The Hall–Kier alpha value is -4.57. The number of benzene rings is 4. The van der Waals surface area contributed by atoms with Crippen molar-refractivity contribution >= 4 is 46.8 Å². The number of hydrogen-bond donors (Lipinski definition) is 4. The molecule has 10 nitrogen and oxygen atoms in total. The number of phenolic OH excluding ortho intramolecular Hbond substituents is 4. The van der Waals surface area contributed by atoms with Gasteiger partial charge >= 0.3 is 0 Å². The SMILES string of the molecule is CCN(CC)c1ccc(C=Nc2cc(Cl)c([N+](=O)[O-])cc2O)c(O)c1.Oc1ccccc1C=Nc1ccccc1O.[Fe]. The molecule has 0 heterocycles. The largest absolute Gasteiger partial charge is 0.507 e. The first-order valence-electron chi connectivity index (χ1n) is 12.5. The number of aromatic hydroxyl groups is 4. The summed E-state index contributed by atoms with van der Waals surface area (Å²) in [5, 5.41) is 49.6. The van der Waals surface area contributed by atoms with Gasteiger partial charge in [-0.3, -0.25) is 20.1 Å². The van der Waals surface area contributed by atoms with E-state index in [4.69, 9.17) is 11.6 Å². The normalized spacial score (nSPS) is 10.6. The van der Waals surface area contributed by atoms with E-state index in [0.717, 1.165) is 24.8 Å². The van der Waals surface area contributed by atoms with Gasteiger partial charge in [-0.2, -0.15) is 0 Å². The van der Waals surface area contributed by atoms with Crippen LogP contribution in [0.25, 0.3) is 0 Å². The minimum absolute atomic E-state index is 0. The number of anilines is 1. The topological polar surface area (TPSA) is 152 Å². The minimum atomic E-state index is -0.687. The van der Waals surface area contributed by atoms with E-state index in [9.17, 15) is 30.5 Å². The second kappa shape index (κ2) is 16.0. The maximum absolute atomic E-state index is 10.8. The predicted molar refractivity (Wildman–Crippen MR) is 162 cm³/mol. The van der Waals surface area contributed by atoms with Gasteiger partial charge in [0, 0.05) is 65.5 Å². The molecule has 4 rings (SSSR count). The molecule has 0 radical (unpaired) electrons. The third kappa shape index (κ3) is 8.97. The Kier molecular flexibility index (Phi) is 12.8. The fraction of sp³-hybridized carbons (Fsp3) is 0.133. The molecule has 4 N–H and O–H groups in total. The van der Waals surface area contributed by atoms with E-state index in [-0.39, 0.29) is 50.8 Å². The summed E-state index contributed by atoms with van der Waals surface area (Å²) in [5.41, 5.74) is 2.11. The van der Waals surface area contributed by atoms with Gasteiger partial charge in [-0.1, -0.05) is 35.9 Å². The molecule has 0 aliphatic heterocycles. The molecule has 4 aromatic rings. The summed E-state index contributed by atoms with van der Waals surface area (Å²) in [5.74, 6) is -0.0388. The van der Waals surface area contributed by atoms with Crippen molar-refractivity contribution in [3.8, 4) is 23.0 Å². The van der Waals surface area contributed by atoms with Crippen LogP contribution in [0.15, 0.2) is 88.8 Å². The second-order valence-electron chi connectivity index (χ2n) is 8.53. The molecule has 0 bridgehead atoms. The Labute approximate surface area is 258 Å². The summed E-state index contributed by atoms with van der Waals surface area (Å²) in [7, 11) is 0. The summed E-state index contributed by atoms with van der Waals surface area (Å²) in [6.07, 6.45) is 2.88. The van der Waals surface area contributed by atoms with Crippen LogP contribution in [0.2, 0.25) is 5.02 Å². The molecule has 12 heteroatoms. The number of hydrogen-bond acceptors (Lipinski definition) is 9. The molecule has 0 spiro atoms. The number of aliphatic imine (C=N–C) groups is 2. The molecule has 0 saturated carbocycles. The molecule has 0 aromatic heterocycles. The van der Waals surface area contributed by atoms with Crippen LogP contribution in [0.1, 0.15) is 25.0 Å². The molecule has 0 unspecified atom stereocenters. The van der Waals surface area contributed by atoms with Gasteiger partial charge in [-0.05, 0) is 56.3 Å². The van der Waals surface area contributed by atoms with E-state index in [1.165, 1.54) is 18.5 Å². The number of nitro benzene ring substituents is 1. The van der Waals surface area contributed by atoms with Gasteiger partial charge in [0.05, 0.1) is 11.0 Å². The van der Waals surface area contributed by atoms with Crippen molar-refractivity contribution in [1.82, 2.24) is 0 Å². The van der Waals surface area contributed by atoms with Gasteiger partial charge in [0.15, 0.2) is 0 Å². The van der Waals surface area contributed by atoms with E-state index in [1.807, 2.05) is 26.0 Å². The number of halogens is 1. The van der Waals surface area contributed by atoms with Gasteiger partial charge < -0.3 is 25.3 Å². The molecular weight excluding hydrogens is 604 g/mol. The Balaban J connectivity index is 0.000000313. The van der Waals surface area contributed by atoms with Gasteiger partial charge in [0.25, 0.3) is 5.69 Å². The van der Waals surface area contributed by atoms with Crippen LogP contribution >= 0.6 is 11.6 Å². The third-order valence-corrected chi connectivity index (χ3v) is 6.19. The van der Waals surface area contributed by atoms with Crippen LogP contribution in [-0.4, -0.2) is 50.9 Å². The maximum Gasteiger partial charge on any atom is 0.291 e. The van der Waals surface area contributed by atoms with Crippen LogP contribution in [0.5, 0.6) is 23.0 Å². The molecule has 0 amide bonds. The fourth-order valence-electron chi connectivity index (χ4n) is 3.66. The summed E-state index contributed by atoms with van der Waals surface area (Å²) in [6, 6.07) is 21.0. The first-order valence-corrected chi connectivity index (χ1v) is 12.9. The molecule has 0 aliphatic carbocycles. The Morgan fingerprint density at radius 1 is 0.762 bits per heavy atom. The molecule has 4 aromatic carbocycles. The summed E-state index contributed by atoms with van der Waals surface area (Å²) < 4.78 is 0. The van der Waals surface area contributed by atoms with Crippen molar-refractivity contribution in [3.05, 3.63) is 105 Å². The number of phenols is 4. The molecule has 220 valence electrons. The second-order valence-corrected chi connectivity index (χ2v) is 8.94. The van der Waals surface area contributed by atoms with Gasteiger partial charge in [-0.25, -0.2) is 0 Å². The van der Waals surface area contributed by atoms with Crippen LogP contribution in [0.3, 0.4) is 0 Å². The van der Waals surface area contributed by atoms with Crippen molar-refractivity contribution in [2.45, 2.75) is 13.8 Å². The van der Waals surface area contributed by atoms with Crippen molar-refractivity contribution in [1.29, 1.82) is 0 Å². The van der Waals surface area contributed by atoms with Crippen molar-refractivity contribution in [2.24, 2.45) is 9.98 Å². The summed E-state index contributed by atoms with van der Waals surface area (Å²) in [4.78, 5) is 20.3. The molecule has 0 fully saturated rings. The Morgan fingerprint density at radius 2 is 1.33 bits per heavy atom. The van der Waals surface area contributed by atoms with Crippen LogP contribution in [0, 0.1) is 10.1 Å². The van der Waals surface area contributed by atoms with Gasteiger partial charge in [0.1, 0.15) is 39.4 Å². The van der Waals surface area contributed by atoms with Crippen molar-refractivity contribution in [2.75, 3.05) is 18.0 Å². The Morgan fingerprint density at radius 3 is 1.90 bits per heavy atom. The average Bonchev–Trinajstić information content (AvgIpc) is 2.95. The number of nitrogens with zero attached hydrogens (tertiary/aromatic N) is 4. The minimum Gasteiger partial charge on any atom is -0.507 e. The average molecular weight is 633 g/mol. The summed E-state index contributed by atoms with van der Waals surface area (Å²) >= 11 is 5.82. The molecular formula is C30H29ClFeN4O6. The summed E-state index contributed by atoms with van der Waals surface area (Å²) in [6.45, 7) is 5.69. The first-order chi connectivity index (χ1) is 19.6. The zero-order valence-electron chi connectivity index (χ0n) is 22.7. The smallest absolute Gasteiger partial charge is 0.291 e. The zero-order chi connectivity index (χ0) is 29.9. The maximum atomic E-state index is 10.8. The molecule has 0 atom stereocenters. The van der Waals surface area contributed by atoms with Crippen molar-refractivity contribution < 1.29 is 42.4 Å². The molecule has 0 aliphatic rings. The number of nitro groups is 1. The predicted octanol–water partition coefficient (Wildman–Crippen LogP) is 7.10. The van der Waals surface area contributed by atoms with E-state index in [0.29, 0.717) is 16.8 Å². The van der Waals surface area contributed by atoms with E-state index >= 15 is 0 Å². The zero-order valence-corrected chi connectivity index (χ0v) is 24.6. The van der Waals surface area contributed by atoms with Gasteiger partial charge in [0.2, 0.25) is 0 Å². The van der Waals surface area contributed by atoms with E-state index in [1.54, 1.807) is 54.6 Å². The first kappa shape index (κ1) is 33.6. The quantitative estimate of drug-likeness (QED) is 0.0699. The van der Waals surface area contributed by atoms with Crippen LogP contribution < -0.4 is 4.90 Å². The Bertz CT molecular complexity index is 1530. The fourth-order valence-corrected chi connectivity index (χ4v) is 3.89. The van der Waals surface area contributed by atoms with E-state index in [2.05, 4.69) is 14.9 Å². The number of para-hydroxylation sites is 3. The monoisotopic (exact) mass is 632 g/mol. The van der Waals surface area contributed by atoms with E-state index < -0.39 is 10.6 Å². The van der Waals surface area contributed by atoms with Crippen molar-refractivity contribution in [3.63, 3.8) is 0 Å². The number of rotatable bonds is 8.